The third-order valence-corrected chi connectivity index (χ3v) is 7.27. The molecule has 1 aliphatic heterocycles. The number of morpholine rings is 1. The minimum absolute atomic E-state index is 0.0600. The summed E-state index contributed by atoms with van der Waals surface area (Å²) in [6, 6.07) is 12.0. The smallest absolute Gasteiger partial charge is 0.254 e. The molecule has 0 bridgehead atoms. The van der Waals surface area contributed by atoms with Crippen molar-refractivity contribution < 1.29 is 24.2 Å². The first kappa shape index (κ1) is 25.4. The number of aliphatic hydroxyl groups excluding tert-OH is 1. The van der Waals surface area contributed by atoms with Crippen molar-refractivity contribution in [2.24, 2.45) is 5.92 Å². The van der Waals surface area contributed by atoms with Crippen LogP contribution in [-0.2, 0) is 17.6 Å². The van der Waals surface area contributed by atoms with Gasteiger partial charge in [0.2, 0.25) is 0 Å². The lowest BCUT2D eigenvalue weighted by molar-refractivity contribution is 0.0302. The fourth-order valence-electron chi connectivity index (χ4n) is 5.27. The predicted octanol–water partition coefficient (Wildman–Crippen LogP) is 4.39. The van der Waals surface area contributed by atoms with E-state index in [0.717, 1.165) is 19.3 Å². The van der Waals surface area contributed by atoms with Crippen molar-refractivity contribution in [1.29, 1.82) is 0 Å². The minimum Gasteiger partial charge on any atom is -0.493 e. The Morgan fingerprint density at radius 3 is 2.37 bits per heavy atom. The molecular weight excluding hydrogens is 442 g/mol. The van der Waals surface area contributed by atoms with Crippen molar-refractivity contribution in [2.45, 2.75) is 58.5 Å². The first-order valence-corrected chi connectivity index (χ1v) is 12.9. The molecule has 1 atom stereocenters. The Hall–Kier alpha value is -2.70. The highest BCUT2D eigenvalue weighted by atomic mass is 16.5. The molecule has 1 amide bonds. The molecule has 2 aromatic carbocycles. The van der Waals surface area contributed by atoms with Gasteiger partial charge in [-0.3, -0.25) is 9.59 Å². The molecule has 2 aliphatic rings. The van der Waals surface area contributed by atoms with Crippen LogP contribution in [-0.4, -0.2) is 60.7 Å². The van der Waals surface area contributed by atoms with Gasteiger partial charge in [-0.1, -0.05) is 24.3 Å². The maximum atomic E-state index is 13.1. The fourth-order valence-corrected chi connectivity index (χ4v) is 5.27. The molecule has 1 saturated heterocycles. The van der Waals surface area contributed by atoms with Crippen molar-refractivity contribution in [3.63, 3.8) is 0 Å². The Balaban J connectivity index is 1.34. The fraction of sp³-hybridized carbons (Fsp3) is 0.517. The number of hydrogen-bond acceptors (Lipinski definition) is 5. The largest absolute Gasteiger partial charge is 0.493 e. The van der Waals surface area contributed by atoms with Gasteiger partial charge in [-0.2, -0.15) is 0 Å². The molecule has 1 fully saturated rings. The molecule has 0 unspecified atom stereocenters. The van der Waals surface area contributed by atoms with Crippen LogP contribution in [0.5, 0.6) is 5.75 Å². The number of fused-ring (bicyclic) bond motifs is 1. The summed E-state index contributed by atoms with van der Waals surface area (Å²) in [5.41, 5.74) is 4.59. The van der Waals surface area contributed by atoms with Gasteiger partial charge in [-0.05, 0) is 75.1 Å². The molecular formula is C29H37NO5. The summed E-state index contributed by atoms with van der Waals surface area (Å²) in [7, 11) is 0. The van der Waals surface area contributed by atoms with Gasteiger partial charge in [0.1, 0.15) is 5.75 Å². The second kappa shape index (κ2) is 11.8. The van der Waals surface area contributed by atoms with Crippen LogP contribution in [0.15, 0.2) is 36.4 Å². The van der Waals surface area contributed by atoms with Gasteiger partial charge in [0.15, 0.2) is 5.78 Å². The number of rotatable bonds is 10. The quantitative estimate of drug-likeness (QED) is 0.512. The van der Waals surface area contributed by atoms with Crippen molar-refractivity contribution in [3.8, 4) is 5.75 Å². The lowest BCUT2D eigenvalue weighted by atomic mass is 9.94. The van der Waals surface area contributed by atoms with Crippen LogP contribution in [0, 0.1) is 12.8 Å². The van der Waals surface area contributed by atoms with E-state index in [4.69, 9.17) is 9.47 Å². The second-order valence-corrected chi connectivity index (χ2v) is 9.69. The molecule has 0 spiro atoms. The summed E-state index contributed by atoms with van der Waals surface area (Å²) in [4.78, 5) is 27.9. The Kier molecular flexibility index (Phi) is 8.58. The molecule has 0 radical (unpaired) electrons. The third-order valence-electron chi connectivity index (χ3n) is 7.27. The first-order chi connectivity index (χ1) is 17.0. The van der Waals surface area contributed by atoms with Crippen LogP contribution in [0.1, 0.15) is 70.0 Å². The van der Waals surface area contributed by atoms with E-state index in [1.54, 1.807) is 17.0 Å². The standard InChI is InChI=1S/C29H37NO5/c1-3-35-28-20(2)25(29(33)30-14-16-34-17-15-30)11-12-26(28)27(32)13-10-24(31)9-8-21-18-22-6-4-5-7-23(22)19-21/h4-7,11-12,21,24,31H,3,8-10,13-19H2,1-2H3/t24-/m0/s1. The van der Waals surface area contributed by atoms with Gasteiger partial charge >= 0.3 is 0 Å². The molecule has 4 rings (SSSR count). The molecule has 1 N–H and O–H groups in total. The van der Waals surface area contributed by atoms with E-state index in [1.807, 2.05) is 13.8 Å². The summed E-state index contributed by atoms with van der Waals surface area (Å²) in [5.74, 6) is 0.931. The zero-order chi connectivity index (χ0) is 24.8. The second-order valence-electron chi connectivity index (χ2n) is 9.69. The number of Topliss-reactive ketones (excluding diaryl/α,β-unsaturated/α-hetero) is 1. The summed E-state index contributed by atoms with van der Waals surface area (Å²) in [6.07, 6.45) is 4.01. The number of benzene rings is 2. The number of carbonyl (C=O) groups excluding carboxylic acids is 2. The SMILES string of the molecule is CCOc1c(C(=O)CC[C@@H](O)CCC2Cc3ccccc3C2)ccc(C(=O)N2CCOCC2)c1C. The lowest BCUT2D eigenvalue weighted by Crippen LogP contribution is -2.41. The van der Waals surface area contributed by atoms with Gasteiger partial charge in [0.05, 0.1) is 31.5 Å². The van der Waals surface area contributed by atoms with Crippen molar-refractivity contribution in [3.05, 3.63) is 64.2 Å². The zero-order valence-corrected chi connectivity index (χ0v) is 20.9. The van der Waals surface area contributed by atoms with E-state index in [1.165, 1.54) is 11.1 Å². The summed E-state index contributed by atoms with van der Waals surface area (Å²) in [5, 5.41) is 10.6. The number of carbonyl (C=O) groups is 2. The zero-order valence-electron chi connectivity index (χ0n) is 20.9. The number of hydrogen-bond donors (Lipinski definition) is 1. The third kappa shape index (κ3) is 6.11. The Bertz CT molecular complexity index is 1020. The van der Waals surface area contributed by atoms with Gasteiger partial charge in [-0.25, -0.2) is 0 Å². The van der Waals surface area contributed by atoms with Crippen LogP contribution in [0.2, 0.25) is 0 Å². The van der Waals surface area contributed by atoms with Crippen LogP contribution in [0.4, 0.5) is 0 Å². The Morgan fingerprint density at radius 1 is 1.06 bits per heavy atom. The number of nitrogens with zero attached hydrogens (tertiary/aromatic N) is 1. The van der Waals surface area contributed by atoms with E-state index in [9.17, 15) is 14.7 Å². The van der Waals surface area contributed by atoms with Gasteiger partial charge in [0, 0.05) is 30.6 Å². The highest BCUT2D eigenvalue weighted by Crippen LogP contribution is 2.31. The normalized spacial score (nSPS) is 16.7. The lowest BCUT2D eigenvalue weighted by Gasteiger charge is -2.28. The minimum atomic E-state index is -0.499. The van der Waals surface area contributed by atoms with Crippen molar-refractivity contribution in [2.75, 3.05) is 32.9 Å². The molecule has 1 aliphatic carbocycles. The Labute approximate surface area is 208 Å². The topological polar surface area (TPSA) is 76.1 Å². The highest BCUT2D eigenvalue weighted by molar-refractivity contribution is 6.02. The van der Waals surface area contributed by atoms with Crippen molar-refractivity contribution >= 4 is 11.7 Å². The van der Waals surface area contributed by atoms with Crippen LogP contribution < -0.4 is 4.74 Å². The van der Waals surface area contributed by atoms with Gasteiger partial charge in [0.25, 0.3) is 5.91 Å². The molecule has 0 aromatic heterocycles. The number of ether oxygens (including phenoxy) is 2. The van der Waals surface area contributed by atoms with E-state index in [-0.39, 0.29) is 18.1 Å². The van der Waals surface area contributed by atoms with Gasteiger partial charge < -0.3 is 19.5 Å². The van der Waals surface area contributed by atoms with E-state index >= 15 is 0 Å². The summed E-state index contributed by atoms with van der Waals surface area (Å²) < 4.78 is 11.2. The molecule has 6 nitrogen and oxygen atoms in total. The molecule has 188 valence electrons. The molecule has 35 heavy (non-hydrogen) atoms. The number of aliphatic hydroxyl groups is 1. The molecule has 6 heteroatoms. The van der Waals surface area contributed by atoms with E-state index in [0.29, 0.717) is 74.1 Å². The van der Waals surface area contributed by atoms with Gasteiger partial charge in [-0.15, -0.1) is 0 Å². The van der Waals surface area contributed by atoms with Crippen LogP contribution in [0.25, 0.3) is 0 Å². The summed E-state index contributed by atoms with van der Waals surface area (Å²) in [6.45, 7) is 6.31. The monoisotopic (exact) mass is 479 g/mol. The Morgan fingerprint density at radius 2 is 1.71 bits per heavy atom. The highest BCUT2D eigenvalue weighted by Gasteiger charge is 2.25. The number of ketones is 1. The van der Waals surface area contributed by atoms with E-state index in [2.05, 4.69) is 24.3 Å². The van der Waals surface area contributed by atoms with Crippen LogP contribution >= 0.6 is 0 Å². The number of amides is 1. The van der Waals surface area contributed by atoms with E-state index < -0.39 is 6.10 Å². The molecule has 1 heterocycles. The van der Waals surface area contributed by atoms with Crippen LogP contribution in [0.3, 0.4) is 0 Å². The summed E-state index contributed by atoms with van der Waals surface area (Å²) >= 11 is 0. The predicted molar refractivity (Wildman–Crippen MR) is 135 cm³/mol. The van der Waals surface area contributed by atoms with Crippen molar-refractivity contribution in [1.82, 2.24) is 4.90 Å². The molecule has 0 saturated carbocycles. The first-order valence-electron chi connectivity index (χ1n) is 12.9. The average Bonchev–Trinajstić information content (AvgIpc) is 3.30. The molecule has 2 aromatic rings. The maximum Gasteiger partial charge on any atom is 0.254 e. The maximum absolute atomic E-state index is 13.1. The average molecular weight is 480 g/mol.